The molecule has 0 spiro atoms. The van der Waals surface area contributed by atoms with E-state index in [0.717, 1.165) is 23.1 Å². The first-order chi connectivity index (χ1) is 11.8. The lowest BCUT2D eigenvalue weighted by Gasteiger charge is -2.20. The highest BCUT2D eigenvalue weighted by Crippen LogP contribution is 2.23. The molecule has 25 heavy (non-hydrogen) atoms. The summed E-state index contributed by atoms with van der Waals surface area (Å²) in [4.78, 5) is 12.4. The van der Waals surface area contributed by atoms with Gasteiger partial charge in [-0.1, -0.05) is 62.4 Å². The molecule has 1 N–H and O–H groups in total. The van der Waals surface area contributed by atoms with Crippen molar-refractivity contribution in [3.05, 3.63) is 65.7 Å². The average molecular weight is 360 g/mol. The molecule has 6 heteroatoms. The average Bonchev–Trinajstić information content (AvgIpc) is 2.54. The molecular weight excluding hydrogens is 336 g/mol. The van der Waals surface area contributed by atoms with E-state index in [1.807, 2.05) is 68.4 Å². The minimum Gasteiger partial charge on any atom is -0.325 e. The molecule has 2 aromatic carbocycles. The van der Waals surface area contributed by atoms with Crippen molar-refractivity contribution in [2.45, 2.75) is 26.3 Å². The van der Waals surface area contributed by atoms with E-state index < -0.39 is 10.0 Å². The van der Waals surface area contributed by atoms with Gasteiger partial charge in [0.15, 0.2) is 0 Å². The van der Waals surface area contributed by atoms with Crippen molar-refractivity contribution in [2.75, 3.05) is 18.1 Å². The minimum absolute atomic E-state index is 0.166. The summed E-state index contributed by atoms with van der Waals surface area (Å²) in [5.74, 6) is -0.0960. The van der Waals surface area contributed by atoms with Crippen LogP contribution in [0.2, 0.25) is 0 Å². The van der Waals surface area contributed by atoms with Crippen LogP contribution in [0.3, 0.4) is 0 Å². The quantitative estimate of drug-likeness (QED) is 0.824. The Hall–Kier alpha value is -2.18. The highest BCUT2D eigenvalue weighted by Gasteiger charge is 2.21. The van der Waals surface area contributed by atoms with Gasteiger partial charge >= 0.3 is 0 Å². The molecule has 2 aromatic rings. The molecule has 0 aliphatic heterocycles. The van der Waals surface area contributed by atoms with Gasteiger partial charge in [0.1, 0.15) is 0 Å². The summed E-state index contributed by atoms with van der Waals surface area (Å²) in [6, 6.07) is 16.8. The van der Waals surface area contributed by atoms with Crippen LogP contribution in [0.1, 0.15) is 30.9 Å². The Morgan fingerprint density at radius 2 is 1.64 bits per heavy atom. The number of benzene rings is 2. The maximum Gasteiger partial charge on any atom is 0.239 e. The molecule has 5 nitrogen and oxygen atoms in total. The van der Waals surface area contributed by atoms with E-state index in [9.17, 15) is 13.2 Å². The lowest BCUT2D eigenvalue weighted by molar-refractivity contribution is -0.116. The molecule has 0 aromatic heterocycles. The number of hydrogen-bond acceptors (Lipinski definition) is 3. The monoisotopic (exact) mass is 360 g/mol. The SMILES string of the molecule is CC(C)c1ccccc1NC(=O)CN(Cc1ccccc1)S(C)(=O)=O. The van der Waals surface area contributed by atoms with Crippen LogP contribution in [-0.2, 0) is 21.4 Å². The van der Waals surface area contributed by atoms with Gasteiger partial charge in [0.25, 0.3) is 0 Å². The lowest BCUT2D eigenvalue weighted by Crippen LogP contribution is -2.37. The number of rotatable bonds is 7. The molecule has 1 amide bonds. The van der Waals surface area contributed by atoms with Gasteiger partial charge in [0.2, 0.25) is 15.9 Å². The van der Waals surface area contributed by atoms with Gasteiger partial charge < -0.3 is 5.32 Å². The van der Waals surface area contributed by atoms with Crippen LogP contribution in [0.5, 0.6) is 0 Å². The Bertz CT molecular complexity index is 818. The molecule has 0 aliphatic rings. The molecule has 134 valence electrons. The molecule has 0 fully saturated rings. The summed E-state index contributed by atoms with van der Waals surface area (Å²) < 4.78 is 25.3. The van der Waals surface area contributed by atoms with E-state index >= 15 is 0 Å². The van der Waals surface area contributed by atoms with Crippen molar-refractivity contribution in [1.29, 1.82) is 0 Å². The van der Waals surface area contributed by atoms with Crippen molar-refractivity contribution in [1.82, 2.24) is 4.31 Å². The van der Waals surface area contributed by atoms with Crippen LogP contribution in [0.15, 0.2) is 54.6 Å². The van der Waals surface area contributed by atoms with Crippen LogP contribution in [0.25, 0.3) is 0 Å². The second-order valence-corrected chi connectivity index (χ2v) is 8.29. The number of amides is 1. The van der Waals surface area contributed by atoms with Crippen molar-refractivity contribution in [2.24, 2.45) is 0 Å². The molecule has 0 radical (unpaired) electrons. The normalized spacial score (nSPS) is 11.7. The standard InChI is InChI=1S/C19H24N2O3S/c1-15(2)17-11-7-8-12-18(17)20-19(22)14-21(25(3,23)24)13-16-9-5-4-6-10-16/h4-12,15H,13-14H2,1-3H3,(H,20,22). The summed E-state index contributed by atoms with van der Waals surface area (Å²) in [6.07, 6.45) is 1.12. The van der Waals surface area contributed by atoms with Gasteiger partial charge in [0.05, 0.1) is 12.8 Å². The number of nitrogens with one attached hydrogen (secondary N) is 1. The number of carbonyl (C=O) groups excluding carboxylic acids is 1. The zero-order valence-electron chi connectivity index (χ0n) is 14.8. The van der Waals surface area contributed by atoms with Gasteiger partial charge in [-0.15, -0.1) is 0 Å². The van der Waals surface area contributed by atoms with Crippen LogP contribution in [0, 0.1) is 0 Å². The van der Waals surface area contributed by atoms with Crippen molar-refractivity contribution in [3.63, 3.8) is 0 Å². The van der Waals surface area contributed by atoms with Gasteiger partial charge in [0, 0.05) is 12.2 Å². The fourth-order valence-electron chi connectivity index (χ4n) is 2.54. The van der Waals surface area contributed by atoms with E-state index in [-0.39, 0.29) is 24.9 Å². The van der Waals surface area contributed by atoms with E-state index in [2.05, 4.69) is 5.32 Å². The first-order valence-corrected chi connectivity index (χ1v) is 10.00. The van der Waals surface area contributed by atoms with Gasteiger partial charge in [-0.25, -0.2) is 8.42 Å². The molecule has 0 saturated carbocycles. The maximum absolute atomic E-state index is 12.4. The molecule has 0 saturated heterocycles. The summed E-state index contributed by atoms with van der Waals surface area (Å²) >= 11 is 0. The zero-order valence-corrected chi connectivity index (χ0v) is 15.6. The van der Waals surface area contributed by atoms with Crippen molar-refractivity contribution >= 4 is 21.6 Å². The van der Waals surface area contributed by atoms with Gasteiger partial charge in [-0.05, 0) is 23.1 Å². The fourth-order valence-corrected chi connectivity index (χ4v) is 3.28. The van der Waals surface area contributed by atoms with Crippen molar-refractivity contribution < 1.29 is 13.2 Å². The summed E-state index contributed by atoms with van der Waals surface area (Å²) in [6.45, 7) is 4.03. The fraction of sp³-hybridized carbons (Fsp3) is 0.316. The van der Waals surface area contributed by atoms with Crippen LogP contribution >= 0.6 is 0 Å². The largest absolute Gasteiger partial charge is 0.325 e. The molecule has 0 atom stereocenters. The zero-order chi connectivity index (χ0) is 18.4. The highest BCUT2D eigenvalue weighted by molar-refractivity contribution is 7.88. The summed E-state index contributed by atoms with van der Waals surface area (Å²) in [5.41, 5.74) is 2.57. The van der Waals surface area contributed by atoms with Gasteiger partial charge in [-0.2, -0.15) is 4.31 Å². The first-order valence-electron chi connectivity index (χ1n) is 8.15. The number of para-hydroxylation sites is 1. The Kier molecular flexibility index (Phi) is 6.33. The molecule has 0 aliphatic carbocycles. The molecule has 0 unspecified atom stereocenters. The Morgan fingerprint density at radius 1 is 1.04 bits per heavy atom. The molecule has 2 rings (SSSR count). The van der Waals surface area contributed by atoms with Gasteiger partial charge in [-0.3, -0.25) is 4.79 Å². The number of sulfonamides is 1. The van der Waals surface area contributed by atoms with E-state index in [1.165, 1.54) is 4.31 Å². The van der Waals surface area contributed by atoms with Crippen molar-refractivity contribution in [3.8, 4) is 0 Å². The number of nitrogens with zero attached hydrogens (tertiary/aromatic N) is 1. The maximum atomic E-state index is 12.4. The highest BCUT2D eigenvalue weighted by atomic mass is 32.2. The third-order valence-corrected chi connectivity index (χ3v) is 5.04. The van der Waals surface area contributed by atoms with Crippen LogP contribution in [0.4, 0.5) is 5.69 Å². The predicted molar refractivity (Wildman–Crippen MR) is 101 cm³/mol. The topological polar surface area (TPSA) is 66.5 Å². The first kappa shape index (κ1) is 19.1. The molecule has 0 heterocycles. The number of anilines is 1. The van der Waals surface area contributed by atoms with E-state index in [4.69, 9.17) is 0 Å². The third-order valence-electron chi connectivity index (χ3n) is 3.85. The minimum atomic E-state index is -3.50. The predicted octanol–water partition coefficient (Wildman–Crippen LogP) is 3.21. The van der Waals surface area contributed by atoms with E-state index in [0.29, 0.717) is 0 Å². The Labute approximate surface area is 149 Å². The second-order valence-electron chi connectivity index (χ2n) is 6.31. The summed E-state index contributed by atoms with van der Waals surface area (Å²) in [5, 5.41) is 2.84. The van der Waals surface area contributed by atoms with Crippen LogP contribution in [-0.4, -0.2) is 31.4 Å². The number of hydrogen-bond donors (Lipinski definition) is 1. The number of carbonyl (C=O) groups is 1. The third kappa shape index (κ3) is 5.69. The van der Waals surface area contributed by atoms with Crippen LogP contribution < -0.4 is 5.32 Å². The second kappa shape index (κ2) is 8.27. The molecule has 0 bridgehead atoms. The molecular formula is C19H24N2O3S. The summed E-state index contributed by atoms with van der Waals surface area (Å²) in [7, 11) is -3.50. The van der Waals surface area contributed by atoms with E-state index in [1.54, 1.807) is 0 Å². The smallest absolute Gasteiger partial charge is 0.239 e. The Balaban J connectivity index is 2.13. The lowest BCUT2D eigenvalue weighted by atomic mass is 10.0. The Morgan fingerprint density at radius 3 is 2.24 bits per heavy atom.